The number of rotatable bonds is 5. The van der Waals surface area contributed by atoms with Gasteiger partial charge in [0.2, 0.25) is 0 Å². The van der Waals surface area contributed by atoms with Gasteiger partial charge < -0.3 is 19.9 Å². The van der Waals surface area contributed by atoms with Crippen LogP contribution in [0.15, 0.2) is 42.5 Å². The van der Waals surface area contributed by atoms with E-state index in [1.807, 2.05) is 13.0 Å². The molecule has 1 amide bonds. The Morgan fingerprint density at radius 3 is 2.42 bits per heavy atom. The molecule has 0 spiro atoms. The first-order chi connectivity index (χ1) is 11.4. The number of hydrogen-bond donors (Lipinski definition) is 2. The van der Waals surface area contributed by atoms with E-state index in [0.29, 0.717) is 11.4 Å². The number of amides is 1. The molecule has 1 unspecified atom stereocenters. The maximum atomic E-state index is 12.2. The van der Waals surface area contributed by atoms with E-state index < -0.39 is 18.0 Å². The molecule has 0 saturated carbocycles. The molecular formula is C18H19NO5. The Labute approximate surface area is 140 Å². The second kappa shape index (κ2) is 7.50. The van der Waals surface area contributed by atoms with Crippen molar-refractivity contribution in [1.29, 1.82) is 0 Å². The summed E-state index contributed by atoms with van der Waals surface area (Å²) in [5.41, 5.74) is 1.72. The minimum atomic E-state index is -0.989. The quantitative estimate of drug-likeness (QED) is 0.824. The lowest BCUT2D eigenvalue weighted by molar-refractivity contribution is -0.123. The minimum absolute atomic E-state index is 0.0453. The predicted molar refractivity (Wildman–Crippen MR) is 89.3 cm³/mol. The third-order valence-corrected chi connectivity index (χ3v) is 3.37. The van der Waals surface area contributed by atoms with Crippen LogP contribution in [0.1, 0.15) is 22.8 Å². The van der Waals surface area contributed by atoms with Crippen LogP contribution in [0.25, 0.3) is 0 Å². The molecule has 6 nitrogen and oxygen atoms in total. The van der Waals surface area contributed by atoms with Crippen LogP contribution in [-0.4, -0.2) is 30.2 Å². The minimum Gasteiger partial charge on any atom is -0.508 e. The summed E-state index contributed by atoms with van der Waals surface area (Å²) in [5, 5.41) is 11.9. The molecular weight excluding hydrogens is 310 g/mol. The molecule has 0 aliphatic carbocycles. The molecule has 6 heteroatoms. The number of phenols is 1. The summed E-state index contributed by atoms with van der Waals surface area (Å²) in [4.78, 5) is 24.2. The summed E-state index contributed by atoms with van der Waals surface area (Å²) in [6.07, 6.45) is -0.989. The number of nitrogens with one attached hydrogen (secondary N) is 1. The molecule has 1 atom stereocenters. The zero-order valence-electron chi connectivity index (χ0n) is 13.7. The van der Waals surface area contributed by atoms with Gasteiger partial charge in [0.05, 0.1) is 18.4 Å². The van der Waals surface area contributed by atoms with E-state index in [1.165, 1.54) is 38.3 Å². The van der Waals surface area contributed by atoms with Crippen molar-refractivity contribution in [3.8, 4) is 11.5 Å². The first-order valence-electron chi connectivity index (χ1n) is 7.36. The van der Waals surface area contributed by atoms with Gasteiger partial charge in [-0.15, -0.1) is 0 Å². The van der Waals surface area contributed by atoms with Crippen LogP contribution in [0.5, 0.6) is 11.5 Å². The van der Waals surface area contributed by atoms with E-state index in [4.69, 9.17) is 9.47 Å². The van der Waals surface area contributed by atoms with E-state index >= 15 is 0 Å². The van der Waals surface area contributed by atoms with Crippen molar-refractivity contribution < 1.29 is 24.2 Å². The number of aryl methyl sites for hydroxylation is 1. The third-order valence-electron chi connectivity index (χ3n) is 3.37. The summed E-state index contributed by atoms with van der Waals surface area (Å²) in [6.45, 7) is 3.37. The van der Waals surface area contributed by atoms with Gasteiger partial charge >= 0.3 is 5.97 Å². The standard InChI is InChI=1S/C18H19NO5/c1-11-4-9-16(23-3)15(10-11)19-17(21)12(2)24-18(22)13-5-7-14(20)8-6-13/h4-10,12,20H,1-3H3,(H,19,21). The van der Waals surface area contributed by atoms with E-state index in [1.54, 1.807) is 12.1 Å². The number of hydrogen-bond acceptors (Lipinski definition) is 5. The molecule has 0 radical (unpaired) electrons. The van der Waals surface area contributed by atoms with Crippen molar-refractivity contribution in [3.63, 3.8) is 0 Å². The number of benzene rings is 2. The highest BCUT2D eigenvalue weighted by molar-refractivity contribution is 5.98. The van der Waals surface area contributed by atoms with E-state index in [2.05, 4.69) is 5.32 Å². The molecule has 0 fully saturated rings. The highest BCUT2D eigenvalue weighted by Gasteiger charge is 2.20. The summed E-state index contributed by atoms with van der Waals surface area (Å²) in [7, 11) is 1.51. The van der Waals surface area contributed by atoms with Crippen LogP contribution in [0.2, 0.25) is 0 Å². The second-order valence-corrected chi connectivity index (χ2v) is 5.29. The van der Waals surface area contributed by atoms with Crippen LogP contribution in [-0.2, 0) is 9.53 Å². The SMILES string of the molecule is COc1ccc(C)cc1NC(=O)C(C)OC(=O)c1ccc(O)cc1. The Morgan fingerprint density at radius 1 is 1.12 bits per heavy atom. The first kappa shape index (κ1) is 17.3. The van der Waals surface area contributed by atoms with Gasteiger partial charge in [-0.05, 0) is 55.8 Å². The number of phenolic OH excluding ortho intramolecular Hbond substituents is 1. The normalized spacial score (nSPS) is 11.5. The fourth-order valence-corrected chi connectivity index (χ4v) is 2.03. The van der Waals surface area contributed by atoms with E-state index in [9.17, 15) is 14.7 Å². The van der Waals surface area contributed by atoms with Gasteiger partial charge in [0, 0.05) is 0 Å². The monoisotopic (exact) mass is 329 g/mol. The highest BCUT2D eigenvalue weighted by atomic mass is 16.5. The highest BCUT2D eigenvalue weighted by Crippen LogP contribution is 2.25. The Morgan fingerprint density at radius 2 is 1.79 bits per heavy atom. The molecule has 2 rings (SSSR count). The molecule has 24 heavy (non-hydrogen) atoms. The molecule has 0 saturated heterocycles. The summed E-state index contributed by atoms with van der Waals surface area (Å²) in [6, 6.07) is 11.0. The van der Waals surface area contributed by atoms with E-state index in [0.717, 1.165) is 5.56 Å². The molecule has 126 valence electrons. The number of anilines is 1. The summed E-state index contributed by atoms with van der Waals surface area (Å²) < 4.78 is 10.3. The molecule has 2 aromatic rings. The van der Waals surface area contributed by atoms with Crippen LogP contribution in [0, 0.1) is 6.92 Å². The van der Waals surface area contributed by atoms with Crippen molar-refractivity contribution in [3.05, 3.63) is 53.6 Å². The fraction of sp³-hybridized carbons (Fsp3) is 0.222. The van der Waals surface area contributed by atoms with Crippen molar-refractivity contribution in [2.45, 2.75) is 20.0 Å². The molecule has 0 aliphatic heterocycles. The molecule has 0 aromatic heterocycles. The van der Waals surface area contributed by atoms with Gasteiger partial charge in [0.15, 0.2) is 6.10 Å². The summed E-state index contributed by atoms with van der Waals surface area (Å²) >= 11 is 0. The molecule has 2 N–H and O–H groups in total. The van der Waals surface area contributed by atoms with Crippen LogP contribution >= 0.6 is 0 Å². The molecule has 2 aromatic carbocycles. The Bertz CT molecular complexity index is 740. The lowest BCUT2D eigenvalue weighted by atomic mass is 10.2. The van der Waals surface area contributed by atoms with Crippen LogP contribution in [0.3, 0.4) is 0 Å². The first-order valence-corrected chi connectivity index (χ1v) is 7.36. The van der Waals surface area contributed by atoms with Crippen molar-refractivity contribution in [2.75, 3.05) is 12.4 Å². The molecule has 0 heterocycles. The Kier molecular flexibility index (Phi) is 5.42. The topological polar surface area (TPSA) is 84.9 Å². The van der Waals surface area contributed by atoms with Gasteiger partial charge in [-0.3, -0.25) is 4.79 Å². The summed E-state index contributed by atoms with van der Waals surface area (Å²) in [5.74, 6) is -0.546. The van der Waals surface area contributed by atoms with Crippen molar-refractivity contribution >= 4 is 17.6 Å². The number of ether oxygens (including phenoxy) is 2. The van der Waals surface area contributed by atoms with Crippen molar-refractivity contribution in [1.82, 2.24) is 0 Å². The lowest BCUT2D eigenvalue weighted by Gasteiger charge is -2.15. The number of carbonyl (C=O) groups excluding carboxylic acids is 2. The number of methoxy groups -OCH3 is 1. The molecule has 0 aliphatic rings. The van der Waals surface area contributed by atoms with Gasteiger partial charge in [-0.25, -0.2) is 4.79 Å². The smallest absolute Gasteiger partial charge is 0.338 e. The van der Waals surface area contributed by atoms with Gasteiger partial charge in [-0.1, -0.05) is 6.07 Å². The zero-order valence-corrected chi connectivity index (χ0v) is 13.7. The van der Waals surface area contributed by atoms with Crippen molar-refractivity contribution in [2.24, 2.45) is 0 Å². The average molecular weight is 329 g/mol. The maximum Gasteiger partial charge on any atom is 0.338 e. The Balaban J connectivity index is 2.03. The van der Waals surface area contributed by atoms with Crippen LogP contribution in [0.4, 0.5) is 5.69 Å². The zero-order chi connectivity index (χ0) is 17.7. The maximum absolute atomic E-state index is 12.2. The predicted octanol–water partition coefficient (Wildman–Crippen LogP) is 2.89. The van der Waals surface area contributed by atoms with Gasteiger partial charge in [-0.2, -0.15) is 0 Å². The number of aromatic hydroxyl groups is 1. The third kappa shape index (κ3) is 4.25. The van der Waals surface area contributed by atoms with E-state index in [-0.39, 0.29) is 11.3 Å². The number of carbonyl (C=O) groups is 2. The van der Waals surface area contributed by atoms with Crippen LogP contribution < -0.4 is 10.1 Å². The van der Waals surface area contributed by atoms with Gasteiger partial charge in [0.25, 0.3) is 5.91 Å². The Hall–Kier alpha value is -3.02. The molecule has 0 bridgehead atoms. The average Bonchev–Trinajstić information content (AvgIpc) is 2.55. The van der Waals surface area contributed by atoms with Gasteiger partial charge in [0.1, 0.15) is 11.5 Å². The second-order valence-electron chi connectivity index (χ2n) is 5.29. The number of esters is 1. The largest absolute Gasteiger partial charge is 0.508 e. The fourth-order valence-electron chi connectivity index (χ4n) is 2.03. The lowest BCUT2D eigenvalue weighted by Crippen LogP contribution is -2.30.